The summed E-state index contributed by atoms with van der Waals surface area (Å²) < 4.78 is 39.5. The number of halogens is 1. The highest BCUT2D eigenvalue weighted by Gasteiger charge is 2.24. The molecule has 0 aromatic heterocycles. The van der Waals surface area contributed by atoms with Crippen LogP contribution < -0.4 is 4.31 Å². The predicted molar refractivity (Wildman–Crippen MR) is 77.9 cm³/mol. The van der Waals surface area contributed by atoms with Gasteiger partial charge in [0.15, 0.2) is 0 Å². The van der Waals surface area contributed by atoms with E-state index in [1.54, 1.807) is 25.1 Å². The lowest BCUT2D eigenvalue weighted by Crippen LogP contribution is -2.27. The Morgan fingerprint density at radius 2 is 1.90 bits per heavy atom. The van der Waals surface area contributed by atoms with Crippen LogP contribution in [-0.4, -0.2) is 15.5 Å². The number of hydrogen-bond donors (Lipinski definition) is 0. The number of nitrogens with zero attached hydrogens (tertiary/aromatic N) is 2. The number of aryl methyl sites for hydroxylation is 1. The Morgan fingerprint density at radius 1 is 1.19 bits per heavy atom. The number of benzene rings is 2. The Labute approximate surface area is 123 Å². The number of rotatable bonds is 3. The molecule has 4 nitrogen and oxygen atoms in total. The lowest BCUT2D eigenvalue weighted by molar-refractivity contribution is 0.588. The van der Waals surface area contributed by atoms with Gasteiger partial charge in [-0.25, -0.2) is 12.8 Å². The van der Waals surface area contributed by atoms with Gasteiger partial charge in [0.2, 0.25) is 0 Å². The summed E-state index contributed by atoms with van der Waals surface area (Å²) in [5.41, 5.74) is 1.16. The van der Waals surface area contributed by atoms with Crippen LogP contribution in [0.15, 0.2) is 47.4 Å². The summed E-state index contributed by atoms with van der Waals surface area (Å²) in [5, 5.41) is 8.88. The van der Waals surface area contributed by atoms with Crippen molar-refractivity contribution in [2.75, 3.05) is 11.4 Å². The van der Waals surface area contributed by atoms with Gasteiger partial charge in [0.05, 0.1) is 22.2 Å². The summed E-state index contributed by atoms with van der Waals surface area (Å²) in [7, 11) is -2.52. The molecule has 21 heavy (non-hydrogen) atoms. The highest BCUT2D eigenvalue weighted by molar-refractivity contribution is 7.92. The van der Waals surface area contributed by atoms with Gasteiger partial charge in [-0.2, -0.15) is 5.26 Å². The van der Waals surface area contributed by atoms with Crippen molar-refractivity contribution in [1.29, 1.82) is 5.26 Å². The normalized spacial score (nSPS) is 11.0. The third-order valence-electron chi connectivity index (χ3n) is 3.13. The van der Waals surface area contributed by atoms with E-state index in [2.05, 4.69) is 0 Å². The average molecular weight is 304 g/mol. The fourth-order valence-corrected chi connectivity index (χ4v) is 3.33. The summed E-state index contributed by atoms with van der Waals surface area (Å²) in [6.07, 6.45) is 0. The highest BCUT2D eigenvalue weighted by Crippen LogP contribution is 2.25. The largest absolute Gasteiger partial charge is 0.269 e. The molecule has 0 radical (unpaired) electrons. The average Bonchev–Trinajstić information content (AvgIpc) is 2.48. The number of hydrogen-bond acceptors (Lipinski definition) is 3. The maximum absolute atomic E-state index is 13.3. The number of anilines is 1. The minimum atomic E-state index is -3.89. The predicted octanol–water partition coefficient (Wildman–Crippen LogP) is 2.83. The van der Waals surface area contributed by atoms with Gasteiger partial charge in [-0.15, -0.1) is 0 Å². The molecule has 0 amide bonds. The zero-order chi connectivity index (χ0) is 15.6. The molecule has 0 aliphatic heterocycles. The van der Waals surface area contributed by atoms with E-state index in [9.17, 15) is 12.8 Å². The molecule has 0 unspecified atom stereocenters. The minimum Gasteiger partial charge on any atom is -0.269 e. The van der Waals surface area contributed by atoms with Gasteiger partial charge in [-0.1, -0.05) is 12.1 Å². The fourth-order valence-electron chi connectivity index (χ4n) is 1.91. The molecule has 0 spiro atoms. The van der Waals surface area contributed by atoms with E-state index < -0.39 is 15.8 Å². The topological polar surface area (TPSA) is 61.2 Å². The molecule has 0 atom stereocenters. The van der Waals surface area contributed by atoms with Gasteiger partial charge < -0.3 is 0 Å². The summed E-state index contributed by atoms with van der Waals surface area (Å²) in [4.78, 5) is -0.0904. The smallest absolute Gasteiger partial charge is 0.264 e. The van der Waals surface area contributed by atoms with Gasteiger partial charge in [0.1, 0.15) is 5.82 Å². The van der Waals surface area contributed by atoms with Gasteiger partial charge in [0.25, 0.3) is 10.0 Å². The number of nitriles is 1. The maximum Gasteiger partial charge on any atom is 0.264 e. The Bertz CT molecular complexity index is 826. The Kier molecular flexibility index (Phi) is 3.96. The number of sulfonamides is 1. The first-order valence-electron chi connectivity index (χ1n) is 6.11. The molecule has 0 saturated heterocycles. The summed E-state index contributed by atoms with van der Waals surface area (Å²) in [5.74, 6) is -0.613. The quantitative estimate of drug-likeness (QED) is 0.876. The fraction of sp³-hybridized carbons (Fsp3) is 0.133. The van der Waals surface area contributed by atoms with Crippen molar-refractivity contribution < 1.29 is 12.8 Å². The first-order chi connectivity index (χ1) is 9.86. The summed E-state index contributed by atoms with van der Waals surface area (Å²) >= 11 is 0. The molecule has 2 rings (SSSR count). The van der Waals surface area contributed by atoms with E-state index in [1.165, 1.54) is 25.2 Å². The van der Waals surface area contributed by atoms with E-state index in [4.69, 9.17) is 5.26 Å². The molecule has 2 aromatic rings. The molecule has 108 valence electrons. The van der Waals surface area contributed by atoms with E-state index in [0.717, 1.165) is 10.4 Å². The van der Waals surface area contributed by atoms with Gasteiger partial charge in [-0.3, -0.25) is 4.31 Å². The lowest BCUT2D eigenvalue weighted by Gasteiger charge is -2.20. The maximum atomic E-state index is 13.3. The van der Waals surface area contributed by atoms with E-state index in [1.807, 2.05) is 6.07 Å². The van der Waals surface area contributed by atoms with Crippen LogP contribution in [0.1, 0.15) is 11.1 Å². The van der Waals surface area contributed by atoms with Crippen molar-refractivity contribution in [3.05, 3.63) is 59.4 Å². The van der Waals surface area contributed by atoms with E-state index >= 15 is 0 Å². The Morgan fingerprint density at radius 3 is 2.57 bits per heavy atom. The molecule has 0 saturated carbocycles. The van der Waals surface area contributed by atoms with E-state index in [0.29, 0.717) is 16.8 Å². The van der Waals surface area contributed by atoms with Crippen LogP contribution >= 0.6 is 0 Å². The van der Waals surface area contributed by atoms with E-state index in [-0.39, 0.29) is 4.90 Å². The standard InChI is InChI=1S/C15H13FN2O2S/c1-11-6-7-13(16)9-15(11)21(19,20)18(2)14-5-3-4-12(8-14)10-17/h3-9H,1-2H3. The Balaban J connectivity index is 2.53. The van der Waals surface area contributed by atoms with Crippen LogP contribution in [0, 0.1) is 24.1 Å². The first-order valence-corrected chi connectivity index (χ1v) is 7.55. The van der Waals surface area contributed by atoms with Crippen LogP contribution in [0.5, 0.6) is 0 Å². The third kappa shape index (κ3) is 2.88. The van der Waals surface area contributed by atoms with Crippen LogP contribution in [0.25, 0.3) is 0 Å². The monoisotopic (exact) mass is 304 g/mol. The van der Waals surface area contributed by atoms with Crippen molar-refractivity contribution >= 4 is 15.7 Å². The molecule has 2 aromatic carbocycles. The van der Waals surface area contributed by atoms with Crippen molar-refractivity contribution in [2.24, 2.45) is 0 Å². The second-order valence-electron chi connectivity index (χ2n) is 4.54. The second kappa shape index (κ2) is 5.54. The molecule has 6 heteroatoms. The summed E-state index contributed by atoms with van der Waals surface area (Å²) in [6.45, 7) is 1.60. The third-order valence-corrected chi connectivity index (χ3v) is 5.06. The molecule has 0 fully saturated rings. The molecule has 0 heterocycles. The second-order valence-corrected chi connectivity index (χ2v) is 6.48. The zero-order valence-corrected chi connectivity index (χ0v) is 12.4. The molecular formula is C15H13FN2O2S. The van der Waals surface area contributed by atoms with Crippen LogP contribution in [0.3, 0.4) is 0 Å². The van der Waals surface area contributed by atoms with Crippen LogP contribution in [0.2, 0.25) is 0 Å². The molecular weight excluding hydrogens is 291 g/mol. The van der Waals surface area contributed by atoms with Crippen molar-refractivity contribution in [3.63, 3.8) is 0 Å². The SMILES string of the molecule is Cc1ccc(F)cc1S(=O)(=O)N(C)c1cccc(C#N)c1. The minimum absolute atomic E-state index is 0.0904. The van der Waals surface area contributed by atoms with Gasteiger partial charge in [-0.05, 0) is 42.8 Å². The highest BCUT2D eigenvalue weighted by atomic mass is 32.2. The molecule has 0 N–H and O–H groups in total. The van der Waals surface area contributed by atoms with Crippen molar-refractivity contribution in [1.82, 2.24) is 0 Å². The lowest BCUT2D eigenvalue weighted by atomic mass is 10.2. The Hall–Kier alpha value is -2.39. The van der Waals surface area contributed by atoms with Gasteiger partial charge in [0, 0.05) is 7.05 Å². The van der Waals surface area contributed by atoms with Crippen molar-refractivity contribution in [3.8, 4) is 6.07 Å². The molecule has 0 aliphatic carbocycles. The molecule has 0 aliphatic rings. The van der Waals surface area contributed by atoms with Crippen LogP contribution in [0.4, 0.5) is 10.1 Å². The summed E-state index contributed by atoms with van der Waals surface area (Å²) in [6, 6.07) is 11.8. The van der Waals surface area contributed by atoms with Gasteiger partial charge >= 0.3 is 0 Å². The van der Waals surface area contributed by atoms with Crippen molar-refractivity contribution in [2.45, 2.75) is 11.8 Å². The van der Waals surface area contributed by atoms with Crippen LogP contribution in [-0.2, 0) is 10.0 Å². The molecule has 0 bridgehead atoms. The zero-order valence-electron chi connectivity index (χ0n) is 11.5. The first kappa shape index (κ1) is 15.0.